The summed E-state index contributed by atoms with van der Waals surface area (Å²) in [5, 5.41) is 9.40. The van der Waals surface area contributed by atoms with Crippen molar-refractivity contribution < 1.29 is 14.6 Å². The van der Waals surface area contributed by atoms with Crippen LogP contribution in [-0.4, -0.2) is 20.6 Å². The summed E-state index contributed by atoms with van der Waals surface area (Å²) in [7, 11) is 0. The highest BCUT2D eigenvalue weighted by molar-refractivity contribution is 6.31. The number of rotatable bonds is 5. The van der Waals surface area contributed by atoms with Crippen LogP contribution in [0.4, 0.5) is 0 Å². The highest BCUT2D eigenvalue weighted by atomic mass is 35.5. The Balaban J connectivity index is 2.41. The topological polar surface area (TPSA) is 81.4 Å². The number of aromatic nitrogens is 2. The molecule has 7 heteroatoms. The number of carboxylic acid groups (broad SMARTS) is 1. The van der Waals surface area contributed by atoms with E-state index in [2.05, 4.69) is 4.98 Å². The molecule has 0 atom stereocenters. The first-order chi connectivity index (χ1) is 10.0. The normalized spacial score (nSPS) is 10.4. The Hall–Kier alpha value is -2.34. The van der Waals surface area contributed by atoms with Crippen molar-refractivity contribution in [2.24, 2.45) is 0 Å². The van der Waals surface area contributed by atoms with Gasteiger partial charge in [-0.1, -0.05) is 18.5 Å². The van der Waals surface area contributed by atoms with Crippen LogP contribution in [0.15, 0.2) is 35.4 Å². The lowest BCUT2D eigenvalue weighted by atomic mass is 10.2. The van der Waals surface area contributed by atoms with E-state index < -0.39 is 11.5 Å². The van der Waals surface area contributed by atoms with Crippen LogP contribution in [0.25, 0.3) is 0 Å². The van der Waals surface area contributed by atoms with Crippen molar-refractivity contribution in [1.29, 1.82) is 0 Å². The third-order valence-corrected chi connectivity index (χ3v) is 2.96. The molecule has 1 heterocycles. The number of aryl methyl sites for hydroxylation is 1. The van der Waals surface area contributed by atoms with Crippen molar-refractivity contribution in [3.63, 3.8) is 0 Å². The molecule has 0 saturated carbocycles. The minimum Gasteiger partial charge on any atom is -0.478 e. The van der Waals surface area contributed by atoms with Gasteiger partial charge in [-0.25, -0.2) is 9.78 Å². The Labute approximate surface area is 125 Å². The maximum absolute atomic E-state index is 12.1. The van der Waals surface area contributed by atoms with Gasteiger partial charge in [-0.3, -0.25) is 4.79 Å². The second kappa shape index (κ2) is 6.41. The smallest absolute Gasteiger partial charge is 0.339 e. The third-order valence-electron chi connectivity index (χ3n) is 2.73. The van der Waals surface area contributed by atoms with E-state index in [1.54, 1.807) is 6.20 Å². The summed E-state index contributed by atoms with van der Waals surface area (Å²) in [5.41, 5.74) is -0.541. The molecule has 1 aromatic heterocycles. The van der Waals surface area contributed by atoms with Gasteiger partial charge in [0.25, 0.3) is 5.88 Å². The standard InChI is InChI=1S/C14H13ClN2O4/c1-2-6-17-7-5-16-12(13(17)18)21-11-4-3-9(15)8-10(11)14(19)20/h3-5,7-8H,2,6H2,1H3,(H,19,20). The van der Waals surface area contributed by atoms with Crippen LogP contribution in [0.3, 0.4) is 0 Å². The minimum atomic E-state index is -1.20. The van der Waals surface area contributed by atoms with E-state index in [4.69, 9.17) is 21.4 Å². The summed E-state index contributed by atoms with van der Waals surface area (Å²) >= 11 is 5.76. The van der Waals surface area contributed by atoms with Gasteiger partial charge < -0.3 is 14.4 Å². The predicted molar refractivity (Wildman–Crippen MR) is 77.3 cm³/mol. The average molecular weight is 309 g/mol. The summed E-state index contributed by atoms with van der Waals surface area (Å²) in [6.07, 6.45) is 3.77. The third kappa shape index (κ3) is 3.41. The van der Waals surface area contributed by atoms with Crippen LogP contribution in [0.1, 0.15) is 23.7 Å². The number of carbonyl (C=O) groups is 1. The first-order valence-electron chi connectivity index (χ1n) is 6.29. The molecule has 2 rings (SSSR count). The van der Waals surface area contributed by atoms with E-state index >= 15 is 0 Å². The van der Waals surface area contributed by atoms with E-state index in [0.29, 0.717) is 6.54 Å². The first kappa shape index (κ1) is 15.1. The molecule has 1 aromatic carbocycles. The van der Waals surface area contributed by atoms with Crippen molar-refractivity contribution >= 4 is 17.6 Å². The van der Waals surface area contributed by atoms with Crippen molar-refractivity contribution in [3.8, 4) is 11.6 Å². The Morgan fingerprint density at radius 3 is 2.90 bits per heavy atom. The van der Waals surface area contributed by atoms with Crippen molar-refractivity contribution in [1.82, 2.24) is 9.55 Å². The quantitative estimate of drug-likeness (QED) is 0.918. The number of aromatic carboxylic acids is 1. The molecule has 0 bridgehead atoms. The summed E-state index contributed by atoms with van der Waals surface area (Å²) in [6.45, 7) is 2.47. The van der Waals surface area contributed by atoms with Crippen LogP contribution < -0.4 is 10.3 Å². The fraction of sp³-hybridized carbons (Fsp3) is 0.214. The molecular weight excluding hydrogens is 296 g/mol. The molecule has 0 fully saturated rings. The van der Waals surface area contributed by atoms with E-state index in [9.17, 15) is 9.59 Å². The van der Waals surface area contributed by atoms with Crippen LogP contribution in [0.5, 0.6) is 11.6 Å². The highest BCUT2D eigenvalue weighted by Gasteiger charge is 2.15. The van der Waals surface area contributed by atoms with E-state index in [0.717, 1.165) is 6.42 Å². The van der Waals surface area contributed by atoms with E-state index in [-0.39, 0.29) is 22.2 Å². The average Bonchev–Trinajstić information content (AvgIpc) is 2.45. The fourth-order valence-electron chi connectivity index (χ4n) is 1.78. The maximum Gasteiger partial charge on any atom is 0.339 e. The number of hydrogen-bond acceptors (Lipinski definition) is 4. The van der Waals surface area contributed by atoms with E-state index in [1.807, 2.05) is 6.92 Å². The maximum atomic E-state index is 12.1. The van der Waals surface area contributed by atoms with Gasteiger partial charge in [-0.2, -0.15) is 0 Å². The second-order valence-electron chi connectivity index (χ2n) is 4.28. The first-order valence-corrected chi connectivity index (χ1v) is 6.67. The Morgan fingerprint density at radius 1 is 1.48 bits per heavy atom. The summed E-state index contributed by atoms with van der Waals surface area (Å²) < 4.78 is 6.82. The lowest BCUT2D eigenvalue weighted by Crippen LogP contribution is -2.21. The Bertz CT molecular complexity index is 727. The van der Waals surface area contributed by atoms with Gasteiger partial charge >= 0.3 is 11.5 Å². The van der Waals surface area contributed by atoms with Crippen LogP contribution >= 0.6 is 11.6 Å². The molecule has 0 saturated heterocycles. The summed E-state index contributed by atoms with van der Waals surface area (Å²) in [4.78, 5) is 27.1. The van der Waals surface area contributed by atoms with Crippen LogP contribution in [0.2, 0.25) is 5.02 Å². The molecule has 0 amide bonds. The number of nitrogens with zero attached hydrogens (tertiary/aromatic N) is 2. The molecular formula is C14H13ClN2O4. The second-order valence-corrected chi connectivity index (χ2v) is 4.72. The number of hydrogen-bond donors (Lipinski definition) is 1. The van der Waals surface area contributed by atoms with Gasteiger partial charge in [0.05, 0.1) is 0 Å². The van der Waals surface area contributed by atoms with Crippen molar-refractivity contribution in [2.45, 2.75) is 19.9 Å². The molecule has 0 unspecified atom stereocenters. The lowest BCUT2D eigenvalue weighted by Gasteiger charge is -2.09. The molecule has 2 aromatic rings. The van der Waals surface area contributed by atoms with Gasteiger partial charge in [0.1, 0.15) is 11.3 Å². The summed E-state index contributed by atoms with van der Waals surface area (Å²) in [5.74, 6) is -1.35. The fourth-order valence-corrected chi connectivity index (χ4v) is 1.95. The zero-order chi connectivity index (χ0) is 15.4. The number of benzene rings is 1. The SMILES string of the molecule is CCCn1ccnc(Oc2ccc(Cl)cc2C(=O)O)c1=O. The van der Waals surface area contributed by atoms with Crippen LogP contribution in [-0.2, 0) is 6.54 Å². The van der Waals surface area contributed by atoms with Gasteiger partial charge in [-0.15, -0.1) is 0 Å². The predicted octanol–water partition coefficient (Wildman–Crippen LogP) is 2.80. The molecule has 1 N–H and O–H groups in total. The monoisotopic (exact) mass is 308 g/mol. The molecule has 0 aliphatic rings. The molecule has 110 valence electrons. The molecule has 0 aliphatic heterocycles. The highest BCUT2D eigenvalue weighted by Crippen LogP contribution is 2.25. The molecule has 6 nitrogen and oxygen atoms in total. The summed E-state index contributed by atoms with van der Waals surface area (Å²) in [6, 6.07) is 4.13. The number of ether oxygens (including phenoxy) is 1. The van der Waals surface area contributed by atoms with Gasteiger partial charge in [0, 0.05) is 24.0 Å². The molecule has 0 radical (unpaired) electrons. The Kier molecular flexibility index (Phi) is 4.59. The van der Waals surface area contributed by atoms with Gasteiger partial charge in [0.2, 0.25) is 0 Å². The molecule has 0 spiro atoms. The van der Waals surface area contributed by atoms with Crippen molar-refractivity contribution in [3.05, 3.63) is 51.5 Å². The van der Waals surface area contributed by atoms with Crippen LogP contribution in [0, 0.1) is 0 Å². The minimum absolute atomic E-state index is 0.0192. The number of halogens is 1. The Morgan fingerprint density at radius 2 is 2.24 bits per heavy atom. The zero-order valence-corrected chi connectivity index (χ0v) is 12.0. The molecule has 21 heavy (non-hydrogen) atoms. The lowest BCUT2D eigenvalue weighted by molar-refractivity contribution is 0.0694. The van der Waals surface area contributed by atoms with E-state index in [1.165, 1.54) is 29.0 Å². The largest absolute Gasteiger partial charge is 0.478 e. The van der Waals surface area contributed by atoms with Crippen molar-refractivity contribution in [2.75, 3.05) is 0 Å². The molecule has 0 aliphatic carbocycles. The zero-order valence-electron chi connectivity index (χ0n) is 11.2. The van der Waals surface area contributed by atoms with Gasteiger partial charge in [0.15, 0.2) is 0 Å². The van der Waals surface area contributed by atoms with Gasteiger partial charge in [-0.05, 0) is 24.6 Å². The number of carboxylic acids is 1.